The van der Waals surface area contributed by atoms with Crippen LogP contribution in [-0.4, -0.2) is 41.0 Å². The van der Waals surface area contributed by atoms with E-state index in [2.05, 4.69) is 59.4 Å². The van der Waals surface area contributed by atoms with Gasteiger partial charge in [-0.1, -0.05) is 27.4 Å². The van der Waals surface area contributed by atoms with Crippen LogP contribution in [0.15, 0.2) is 35.9 Å². The number of anilines is 1. The van der Waals surface area contributed by atoms with Crippen LogP contribution in [0, 0.1) is 0 Å². The molecular weight excluding hydrogens is 286 g/mol. The third-order valence-electron chi connectivity index (χ3n) is 4.40. The van der Waals surface area contributed by atoms with Crippen LogP contribution in [0.1, 0.15) is 39.7 Å². The van der Waals surface area contributed by atoms with E-state index in [-0.39, 0.29) is 0 Å². The fraction of sp³-hybridized carbons (Fsp3) is 0.556. The number of allylic oxidation sites excluding steroid dienone is 1. The van der Waals surface area contributed by atoms with Gasteiger partial charge in [-0.3, -0.25) is 4.90 Å². The maximum atomic E-state index is 4.61. The molecule has 1 aliphatic heterocycles. The van der Waals surface area contributed by atoms with Crippen LogP contribution in [0.2, 0.25) is 0 Å². The van der Waals surface area contributed by atoms with Crippen molar-refractivity contribution in [2.24, 2.45) is 0 Å². The van der Waals surface area contributed by atoms with E-state index in [1.165, 1.54) is 5.57 Å². The zero-order valence-electron chi connectivity index (χ0n) is 14.9. The first-order valence-electron chi connectivity index (χ1n) is 8.54. The monoisotopic (exact) mass is 315 g/mol. The molecule has 0 unspecified atom stereocenters. The summed E-state index contributed by atoms with van der Waals surface area (Å²) in [5, 5.41) is 3.34. The Morgan fingerprint density at radius 1 is 1.26 bits per heavy atom. The highest BCUT2D eigenvalue weighted by Crippen LogP contribution is 2.25. The van der Waals surface area contributed by atoms with Crippen LogP contribution in [0.25, 0.3) is 0 Å². The lowest BCUT2D eigenvalue weighted by atomic mass is 10.1. The SMILES string of the molecule is C=C1NCCN(c2ncc(CN(CC)CC)cn2)/C1=C(\C)CC. The molecule has 5 heteroatoms. The molecule has 5 nitrogen and oxygen atoms in total. The van der Waals surface area contributed by atoms with Gasteiger partial charge in [-0.25, -0.2) is 9.97 Å². The summed E-state index contributed by atoms with van der Waals surface area (Å²) in [5.74, 6) is 0.763. The van der Waals surface area contributed by atoms with E-state index in [1.54, 1.807) is 0 Å². The van der Waals surface area contributed by atoms with E-state index in [0.29, 0.717) is 0 Å². The second kappa shape index (κ2) is 8.11. The Morgan fingerprint density at radius 3 is 2.48 bits per heavy atom. The molecule has 1 N–H and O–H groups in total. The molecule has 0 aliphatic carbocycles. The highest BCUT2D eigenvalue weighted by molar-refractivity contribution is 5.51. The van der Waals surface area contributed by atoms with Gasteiger partial charge in [0.2, 0.25) is 5.95 Å². The minimum absolute atomic E-state index is 0.763. The topological polar surface area (TPSA) is 44.3 Å². The molecule has 2 heterocycles. The van der Waals surface area contributed by atoms with Gasteiger partial charge >= 0.3 is 0 Å². The maximum absolute atomic E-state index is 4.61. The number of hydrogen-bond acceptors (Lipinski definition) is 5. The molecule has 0 radical (unpaired) electrons. The standard InChI is InChI=1S/C18H29N5/c1-6-14(4)17-15(5)19-9-10-23(17)18-20-11-16(12-21-18)13-22(7-2)8-3/h11-12,19H,5-10,13H2,1-4H3/b17-14+. The minimum Gasteiger partial charge on any atom is -0.382 e. The summed E-state index contributed by atoms with van der Waals surface area (Å²) in [6.45, 7) is 17.5. The Balaban J connectivity index is 2.22. The van der Waals surface area contributed by atoms with Crippen molar-refractivity contribution in [1.82, 2.24) is 20.2 Å². The summed E-state index contributed by atoms with van der Waals surface area (Å²) >= 11 is 0. The second-order valence-corrected chi connectivity index (χ2v) is 5.89. The number of nitrogens with zero attached hydrogens (tertiary/aromatic N) is 4. The number of aromatic nitrogens is 2. The first kappa shape index (κ1) is 17.5. The van der Waals surface area contributed by atoms with Crippen LogP contribution in [-0.2, 0) is 6.54 Å². The smallest absolute Gasteiger partial charge is 0.229 e. The molecule has 0 spiro atoms. The van der Waals surface area contributed by atoms with E-state index in [0.717, 1.165) is 62.1 Å². The fourth-order valence-electron chi connectivity index (χ4n) is 2.81. The molecular formula is C18H29N5. The predicted molar refractivity (Wildman–Crippen MR) is 96.1 cm³/mol. The molecule has 126 valence electrons. The van der Waals surface area contributed by atoms with Gasteiger partial charge in [0.25, 0.3) is 0 Å². The van der Waals surface area contributed by atoms with Gasteiger partial charge in [0.15, 0.2) is 0 Å². The molecule has 2 rings (SSSR count). The number of nitrogens with one attached hydrogen (secondary N) is 1. The van der Waals surface area contributed by atoms with Crippen molar-refractivity contribution in [2.75, 3.05) is 31.1 Å². The molecule has 1 saturated heterocycles. The second-order valence-electron chi connectivity index (χ2n) is 5.89. The highest BCUT2D eigenvalue weighted by Gasteiger charge is 2.23. The Bertz CT molecular complexity index is 557. The van der Waals surface area contributed by atoms with Crippen molar-refractivity contribution in [3.63, 3.8) is 0 Å². The minimum atomic E-state index is 0.763. The fourth-order valence-corrected chi connectivity index (χ4v) is 2.81. The largest absolute Gasteiger partial charge is 0.382 e. The van der Waals surface area contributed by atoms with Crippen LogP contribution in [0.5, 0.6) is 0 Å². The van der Waals surface area contributed by atoms with Crippen LogP contribution < -0.4 is 10.2 Å². The molecule has 0 aromatic carbocycles. The van der Waals surface area contributed by atoms with Crippen molar-refractivity contribution in [2.45, 2.75) is 40.7 Å². The Morgan fingerprint density at radius 2 is 1.91 bits per heavy atom. The normalized spacial score (nSPS) is 17.4. The van der Waals surface area contributed by atoms with E-state index in [4.69, 9.17) is 0 Å². The molecule has 1 fully saturated rings. The van der Waals surface area contributed by atoms with Crippen molar-refractivity contribution >= 4 is 5.95 Å². The Kier molecular flexibility index (Phi) is 6.16. The predicted octanol–water partition coefficient (Wildman–Crippen LogP) is 2.93. The zero-order chi connectivity index (χ0) is 16.8. The first-order valence-corrected chi connectivity index (χ1v) is 8.54. The summed E-state index contributed by atoms with van der Waals surface area (Å²) in [6, 6.07) is 0. The number of hydrogen-bond donors (Lipinski definition) is 1. The van der Waals surface area contributed by atoms with Crippen molar-refractivity contribution < 1.29 is 0 Å². The van der Waals surface area contributed by atoms with Gasteiger partial charge in [-0.2, -0.15) is 0 Å². The molecule has 23 heavy (non-hydrogen) atoms. The summed E-state index contributed by atoms with van der Waals surface area (Å²) in [6.07, 6.45) is 4.89. The van der Waals surface area contributed by atoms with Crippen LogP contribution >= 0.6 is 0 Å². The van der Waals surface area contributed by atoms with Gasteiger partial charge in [0.05, 0.1) is 11.4 Å². The highest BCUT2D eigenvalue weighted by atomic mass is 15.3. The average Bonchev–Trinajstić information content (AvgIpc) is 2.59. The third-order valence-corrected chi connectivity index (χ3v) is 4.40. The number of piperazine rings is 1. The lowest BCUT2D eigenvalue weighted by Gasteiger charge is -2.33. The first-order chi connectivity index (χ1) is 11.1. The van der Waals surface area contributed by atoms with E-state index in [1.807, 2.05) is 12.4 Å². The molecule has 1 aliphatic rings. The summed E-state index contributed by atoms with van der Waals surface area (Å²) in [5.41, 5.74) is 4.56. The molecule has 0 saturated carbocycles. The lowest BCUT2D eigenvalue weighted by molar-refractivity contribution is 0.295. The molecule has 1 aromatic rings. The Hall–Kier alpha value is -1.88. The molecule has 0 amide bonds. The summed E-state index contributed by atoms with van der Waals surface area (Å²) in [4.78, 5) is 13.8. The van der Waals surface area contributed by atoms with Gasteiger partial charge in [0.1, 0.15) is 0 Å². The molecule has 0 bridgehead atoms. The van der Waals surface area contributed by atoms with E-state index < -0.39 is 0 Å². The van der Waals surface area contributed by atoms with Crippen molar-refractivity contribution in [3.8, 4) is 0 Å². The third kappa shape index (κ3) is 4.10. The van der Waals surface area contributed by atoms with Gasteiger partial charge < -0.3 is 10.2 Å². The van der Waals surface area contributed by atoms with Crippen molar-refractivity contribution in [1.29, 1.82) is 0 Å². The summed E-state index contributed by atoms with van der Waals surface area (Å²) in [7, 11) is 0. The summed E-state index contributed by atoms with van der Waals surface area (Å²) < 4.78 is 0. The van der Waals surface area contributed by atoms with Crippen molar-refractivity contribution in [3.05, 3.63) is 41.5 Å². The van der Waals surface area contributed by atoms with Crippen LogP contribution in [0.3, 0.4) is 0 Å². The van der Waals surface area contributed by atoms with Gasteiger partial charge in [-0.05, 0) is 32.0 Å². The van der Waals surface area contributed by atoms with Gasteiger partial charge in [0, 0.05) is 37.6 Å². The quantitative estimate of drug-likeness (QED) is 0.874. The average molecular weight is 315 g/mol. The Labute approximate surface area is 140 Å². The molecule has 0 atom stereocenters. The van der Waals surface area contributed by atoms with E-state index >= 15 is 0 Å². The molecule has 1 aromatic heterocycles. The van der Waals surface area contributed by atoms with E-state index in [9.17, 15) is 0 Å². The number of rotatable bonds is 6. The maximum Gasteiger partial charge on any atom is 0.229 e. The lowest BCUT2D eigenvalue weighted by Crippen LogP contribution is -2.41. The van der Waals surface area contributed by atoms with Crippen LogP contribution in [0.4, 0.5) is 5.95 Å². The van der Waals surface area contributed by atoms with Gasteiger partial charge in [-0.15, -0.1) is 0 Å². The zero-order valence-corrected chi connectivity index (χ0v) is 14.9.